The largest absolute Gasteiger partial charge is 0.396 e. The maximum Gasteiger partial charge on any atom is 0.245 e. The van der Waals surface area contributed by atoms with E-state index in [-0.39, 0.29) is 12.5 Å². The smallest absolute Gasteiger partial charge is 0.245 e. The Morgan fingerprint density at radius 1 is 1.38 bits per heavy atom. The van der Waals surface area contributed by atoms with Crippen LogP contribution in [0.2, 0.25) is 0 Å². The van der Waals surface area contributed by atoms with Crippen molar-refractivity contribution in [3.63, 3.8) is 0 Å². The number of rotatable bonds is 5. The van der Waals surface area contributed by atoms with Crippen LogP contribution < -0.4 is 11.1 Å². The van der Waals surface area contributed by atoms with Gasteiger partial charge in [-0.05, 0) is 6.07 Å². The van der Waals surface area contributed by atoms with Crippen LogP contribution in [0.5, 0.6) is 0 Å². The number of hydrogen-bond donors (Lipinski definition) is 2. The van der Waals surface area contributed by atoms with Crippen LogP contribution in [0.3, 0.4) is 0 Å². The number of hydrogen-bond acceptors (Lipinski definition) is 4. The van der Waals surface area contributed by atoms with Gasteiger partial charge in [-0.3, -0.25) is 4.79 Å². The van der Waals surface area contributed by atoms with Crippen LogP contribution in [0.4, 0.5) is 14.5 Å². The van der Waals surface area contributed by atoms with E-state index in [0.29, 0.717) is 6.07 Å². The second kappa shape index (κ2) is 6.35. The van der Waals surface area contributed by atoms with Gasteiger partial charge in [0.25, 0.3) is 0 Å². The number of nitrogen functional groups attached to an aromatic ring is 1. The summed E-state index contributed by atoms with van der Waals surface area (Å²) in [6.45, 7) is 1.37. The molecule has 21 heavy (non-hydrogen) atoms. The summed E-state index contributed by atoms with van der Waals surface area (Å²) in [6.07, 6.45) is 0. The Bertz CT molecular complexity index is 649. The number of halogens is 2. The fourth-order valence-electron chi connectivity index (χ4n) is 1.72. The van der Waals surface area contributed by atoms with E-state index >= 15 is 0 Å². The van der Waals surface area contributed by atoms with Gasteiger partial charge in [-0.2, -0.15) is 0 Å². The van der Waals surface area contributed by atoms with E-state index in [4.69, 9.17) is 5.73 Å². The first-order valence-electron chi connectivity index (χ1n) is 6.03. The third-order valence-corrected chi connectivity index (χ3v) is 4.80. The summed E-state index contributed by atoms with van der Waals surface area (Å²) >= 11 is 0. The first-order valence-corrected chi connectivity index (χ1v) is 7.47. The molecule has 3 N–H and O–H groups in total. The lowest BCUT2D eigenvalue weighted by molar-refractivity contribution is -0.124. The number of carbonyl (C=O) groups is 1. The zero-order valence-electron chi connectivity index (χ0n) is 11.9. The van der Waals surface area contributed by atoms with Gasteiger partial charge >= 0.3 is 0 Å². The highest BCUT2D eigenvalue weighted by Gasteiger charge is 2.28. The van der Waals surface area contributed by atoms with Gasteiger partial charge in [-0.15, -0.1) is 0 Å². The number of sulfonamides is 1. The normalized spacial score (nSPS) is 13.2. The van der Waals surface area contributed by atoms with Crippen LogP contribution in [-0.4, -0.2) is 39.3 Å². The first kappa shape index (κ1) is 17.3. The van der Waals surface area contributed by atoms with Crippen molar-refractivity contribution in [2.45, 2.75) is 11.8 Å². The Hall–Kier alpha value is -1.74. The maximum absolute atomic E-state index is 13.7. The van der Waals surface area contributed by atoms with Gasteiger partial charge in [-0.1, -0.05) is 6.92 Å². The first-order chi connectivity index (χ1) is 9.61. The van der Waals surface area contributed by atoms with Crippen molar-refractivity contribution in [3.05, 3.63) is 23.8 Å². The average molecular weight is 321 g/mol. The number of nitrogens with one attached hydrogen (secondary N) is 1. The summed E-state index contributed by atoms with van der Waals surface area (Å²) in [5.74, 6) is -3.25. The van der Waals surface area contributed by atoms with Crippen molar-refractivity contribution in [1.29, 1.82) is 0 Å². The van der Waals surface area contributed by atoms with Crippen molar-refractivity contribution >= 4 is 21.6 Å². The molecule has 0 fully saturated rings. The fraction of sp³-hybridized carbons (Fsp3) is 0.417. The van der Waals surface area contributed by atoms with E-state index < -0.39 is 38.2 Å². The van der Waals surface area contributed by atoms with Gasteiger partial charge in [0.1, 0.15) is 16.5 Å². The molecule has 6 nitrogen and oxygen atoms in total. The molecule has 0 heterocycles. The van der Waals surface area contributed by atoms with E-state index in [1.54, 1.807) is 0 Å². The van der Waals surface area contributed by atoms with Gasteiger partial charge < -0.3 is 11.1 Å². The topological polar surface area (TPSA) is 92.5 Å². The van der Waals surface area contributed by atoms with Crippen LogP contribution in [0.15, 0.2) is 17.0 Å². The molecule has 1 atom stereocenters. The number of nitrogens with two attached hydrogens (primary N) is 1. The highest BCUT2D eigenvalue weighted by molar-refractivity contribution is 7.89. The molecule has 118 valence electrons. The Labute approximate surface area is 122 Å². The monoisotopic (exact) mass is 321 g/mol. The molecule has 0 aromatic heterocycles. The van der Waals surface area contributed by atoms with E-state index in [2.05, 4.69) is 5.32 Å². The molecular formula is C12H17F2N3O3S. The number of benzene rings is 1. The number of carbonyl (C=O) groups excluding carboxylic acids is 1. The van der Waals surface area contributed by atoms with Crippen LogP contribution in [-0.2, 0) is 14.8 Å². The molecule has 9 heteroatoms. The molecule has 0 aliphatic rings. The van der Waals surface area contributed by atoms with Crippen LogP contribution in [0.25, 0.3) is 0 Å². The fourth-order valence-corrected chi connectivity index (χ4v) is 3.06. The van der Waals surface area contributed by atoms with Crippen molar-refractivity contribution in [3.8, 4) is 0 Å². The molecule has 0 saturated carbocycles. The van der Waals surface area contributed by atoms with Crippen LogP contribution in [0.1, 0.15) is 6.92 Å². The molecule has 0 spiro atoms. The molecule has 0 aliphatic carbocycles. The van der Waals surface area contributed by atoms with Crippen molar-refractivity contribution in [2.75, 3.05) is 26.4 Å². The van der Waals surface area contributed by atoms with Gasteiger partial charge in [-0.25, -0.2) is 21.5 Å². The molecule has 1 rings (SSSR count). The van der Waals surface area contributed by atoms with Crippen LogP contribution in [0, 0.1) is 17.6 Å². The molecule has 0 bridgehead atoms. The number of anilines is 1. The summed E-state index contributed by atoms with van der Waals surface area (Å²) in [4.78, 5) is 10.7. The predicted octanol–water partition coefficient (Wildman–Crippen LogP) is 0.550. The Morgan fingerprint density at radius 2 is 1.95 bits per heavy atom. The minimum atomic E-state index is -4.21. The standard InChI is InChI=1S/C12H17F2N3O3S/c1-7(12(18)16-2)6-17(3)21(19,20)11-5-10(15)8(13)4-9(11)14/h4-5,7H,6,15H2,1-3H3,(H,16,18). The van der Waals surface area contributed by atoms with E-state index in [1.807, 2.05) is 0 Å². The lowest BCUT2D eigenvalue weighted by atomic mass is 10.2. The van der Waals surface area contributed by atoms with E-state index in [0.717, 1.165) is 10.4 Å². The molecule has 1 aromatic carbocycles. The highest BCUT2D eigenvalue weighted by Crippen LogP contribution is 2.23. The van der Waals surface area contributed by atoms with Crippen molar-refractivity contribution in [1.82, 2.24) is 9.62 Å². The Morgan fingerprint density at radius 3 is 2.48 bits per heavy atom. The minimum Gasteiger partial charge on any atom is -0.396 e. The Balaban J connectivity index is 3.11. The van der Waals surface area contributed by atoms with Crippen molar-refractivity contribution < 1.29 is 22.0 Å². The van der Waals surface area contributed by atoms with Crippen molar-refractivity contribution in [2.24, 2.45) is 5.92 Å². The van der Waals surface area contributed by atoms with Gasteiger partial charge in [0, 0.05) is 32.6 Å². The summed E-state index contributed by atoms with van der Waals surface area (Å²) < 4.78 is 52.1. The lowest BCUT2D eigenvalue weighted by Crippen LogP contribution is -2.37. The third kappa shape index (κ3) is 3.67. The molecule has 0 radical (unpaired) electrons. The summed E-state index contributed by atoms with van der Waals surface area (Å²) in [5.41, 5.74) is 4.80. The minimum absolute atomic E-state index is 0.154. The van der Waals surface area contributed by atoms with Gasteiger partial charge in [0.15, 0.2) is 0 Å². The molecule has 1 aromatic rings. The van der Waals surface area contributed by atoms with E-state index in [9.17, 15) is 22.0 Å². The quantitative estimate of drug-likeness (QED) is 0.775. The van der Waals surface area contributed by atoms with Crippen LogP contribution >= 0.6 is 0 Å². The second-order valence-corrected chi connectivity index (χ2v) is 6.62. The number of amides is 1. The van der Waals surface area contributed by atoms with Gasteiger partial charge in [0.05, 0.1) is 5.69 Å². The SMILES string of the molecule is CNC(=O)C(C)CN(C)S(=O)(=O)c1cc(N)c(F)cc1F. The lowest BCUT2D eigenvalue weighted by Gasteiger charge is -2.21. The maximum atomic E-state index is 13.7. The predicted molar refractivity (Wildman–Crippen MR) is 73.8 cm³/mol. The molecule has 0 aliphatic heterocycles. The summed E-state index contributed by atoms with van der Waals surface area (Å²) in [7, 11) is -1.59. The highest BCUT2D eigenvalue weighted by atomic mass is 32.2. The average Bonchev–Trinajstić information content (AvgIpc) is 2.41. The zero-order chi connectivity index (χ0) is 16.4. The number of nitrogens with zero attached hydrogens (tertiary/aromatic N) is 1. The summed E-state index contributed by atoms with van der Waals surface area (Å²) in [6, 6.07) is 1.14. The zero-order valence-corrected chi connectivity index (χ0v) is 12.7. The van der Waals surface area contributed by atoms with Gasteiger partial charge in [0.2, 0.25) is 15.9 Å². The Kier molecular flexibility index (Phi) is 5.24. The molecule has 1 unspecified atom stereocenters. The second-order valence-electron chi connectivity index (χ2n) is 4.60. The van der Waals surface area contributed by atoms with E-state index in [1.165, 1.54) is 21.0 Å². The molecule has 0 saturated heterocycles. The summed E-state index contributed by atoms with van der Waals surface area (Å²) in [5, 5.41) is 2.39. The third-order valence-electron chi connectivity index (χ3n) is 2.96. The molecular weight excluding hydrogens is 304 g/mol. The molecule has 1 amide bonds.